The summed E-state index contributed by atoms with van der Waals surface area (Å²) >= 11 is 6.03. The summed E-state index contributed by atoms with van der Waals surface area (Å²) in [5, 5.41) is 0.665. The molecule has 2 rings (SSSR count). The Morgan fingerprint density at radius 3 is 2.43 bits per heavy atom. The number of rotatable bonds is 5. The first kappa shape index (κ1) is 15.3. The minimum atomic E-state index is 0.665. The van der Waals surface area contributed by atoms with Gasteiger partial charge in [-0.25, -0.2) is 0 Å². The zero-order chi connectivity index (χ0) is 15.4. The number of hydrogen-bond donors (Lipinski definition) is 1. The highest BCUT2D eigenvalue weighted by atomic mass is 35.5. The van der Waals surface area contributed by atoms with Crippen LogP contribution in [-0.2, 0) is 6.54 Å². The van der Waals surface area contributed by atoms with Crippen molar-refractivity contribution in [1.29, 1.82) is 0 Å². The first-order valence-corrected chi connectivity index (χ1v) is 6.90. The Morgan fingerprint density at radius 2 is 1.76 bits per heavy atom. The molecule has 2 aromatic rings. The molecule has 0 aliphatic rings. The van der Waals surface area contributed by atoms with Crippen LogP contribution in [0.4, 0.5) is 11.4 Å². The normalized spacial score (nSPS) is 10.3. The number of anilines is 2. The molecule has 21 heavy (non-hydrogen) atoms. The van der Waals surface area contributed by atoms with Crippen molar-refractivity contribution in [3.63, 3.8) is 0 Å². The number of hydrogen-bond acceptors (Lipinski definition) is 4. The van der Waals surface area contributed by atoms with E-state index in [1.54, 1.807) is 20.3 Å². The van der Waals surface area contributed by atoms with Gasteiger partial charge in [0.25, 0.3) is 0 Å². The Labute approximate surface area is 130 Å². The third-order valence-electron chi connectivity index (χ3n) is 3.27. The highest BCUT2D eigenvalue weighted by Crippen LogP contribution is 2.30. The average molecular weight is 307 g/mol. The smallest absolute Gasteiger partial charge is 0.161 e. The Morgan fingerprint density at radius 1 is 1.05 bits per heavy atom. The molecule has 0 heterocycles. The zero-order valence-electron chi connectivity index (χ0n) is 12.4. The lowest BCUT2D eigenvalue weighted by molar-refractivity contribution is 0.354. The summed E-state index contributed by atoms with van der Waals surface area (Å²) in [6, 6.07) is 11.3. The lowest BCUT2D eigenvalue weighted by Crippen LogP contribution is -2.17. The highest BCUT2D eigenvalue weighted by molar-refractivity contribution is 6.31. The Balaban J connectivity index is 2.23. The molecule has 0 spiro atoms. The predicted molar refractivity (Wildman–Crippen MR) is 87.5 cm³/mol. The maximum atomic E-state index is 6.03. The van der Waals surface area contributed by atoms with Crippen molar-refractivity contribution in [3.05, 3.63) is 47.0 Å². The second kappa shape index (κ2) is 6.59. The lowest BCUT2D eigenvalue weighted by Gasteiger charge is -2.22. The number of halogens is 1. The van der Waals surface area contributed by atoms with Crippen molar-refractivity contribution in [1.82, 2.24) is 0 Å². The van der Waals surface area contributed by atoms with Gasteiger partial charge in [-0.1, -0.05) is 17.7 Å². The summed E-state index contributed by atoms with van der Waals surface area (Å²) in [6.45, 7) is 0.685. The van der Waals surface area contributed by atoms with Crippen molar-refractivity contribution in [2.75, 3.05) is 31.9 Å². The molecule has 0 unspecified atom stereocenters. The van der Waals surface area contributed by atoms with E-state index < -0.39 is 0 Å². The standard InChI is InChI=1S/C16H19ClN2O2/c1-19(14-9-12(17)5-6-13(14)18)10-11-4-7-15(20-2)16(8-11)21-3/h4-9H,10,18H2,1-3H3. The van der Waals surface area contributed by atoms with Crippen LogP contribution in [0.15, 0.2) is 36.4 Å². The molecule has 0 atom stereocenters. The van der Waals surface area contributed by atoms with Crippen LogP contribution in [-0.4, -0.2) is 21.3 Å². The summed E-state index contributed by atoms with van der Waals surface area (Å²) < 4.78 is 10.6. The van der Waals surface area contributed by atoms with Crippen LogP contribution in [0.25, 0.3) is 0 Å². The number of nitrogens with two attached hydrogens (primary N) is 1. The predicted octanol–water partition coefficient (Wildman–Crippen LogP) is 3.58. The summed E-state index contributed by atoms with van der Waals surface area (Å²) in [5.41, 5.74) is 8.69. The van der Waals surface area contributed by atoms with Gasteiger partial charge in [0.2, 0.25) is 0 Å². The maximum absolute atomic E-state index is 6.03. The van der Waals surface area contributed by atoms with Crippen LogP contribution in [0.1, 0.15) is 5.56 Å². The summed E-state index contributed by atoms with van der Waals surface area (Å²) in [7, 11) is 5.22. The van der Waals surface area contributed by atoms with Gasteiger partial charge in [0.15, 0.2) is 11.5 Å². The fraction of sp³-hybridized carbons (Fsp3) is 0.250. The number of nitrogen functional groups attached to an aromatic ring is 1. The van der Waals surface area contributed by atoms with Gasteiger partial charge in [0.05, 0.1) is 25.6 Å². The fourth-order valence-electron chi connectivity index (χ4n) is 2.19. The van der Waals surface area contributed by atoms with Gasteiger partial charge in [-0.15, -0.1) is 0 Å². The SMILES string of the molecule is COc1ccc(CN(C)c2cc(Cl)ccc2N)cc1OC. The summed E-state index contributed by atoms with van der Waals surface area (Å²) in [6.07, 6.45) is 0. The van der Waals surface area contributed by atoms with Crippen LogP contribution in [0.5, 0.6) is 11.5 Å². The van der Waals surface area contributed by atoms with Gasteiger partial charge in [-0.05, 0) is 35.9 Å². The van der Waals surface area contributed by atoms with E-state index in [1.807, 2.05) is 42.3 Å². The molecule has 4 nitrogen and oxygen atoms in total. The summed E-state index contributed by atoms with van der Waals surface area (Å²) in [4.78, 5) is 2.04. The topological polar surface area (TPSA) is 47.7 Å². The van der Waals surface area contributed by atoms with Crippen molar-refractivity contribution >= 4 is 23.0 Å². The molecule has 0 aliphatic heterocycles. The van der Waals surface area contributed by atoms with Crippen LogP contribution >= 0.6 is 11.6 Å². The van der Waals surface area contributed by atoms with E-state index in [1.165, 1.54) is 0 Å². The first-order valence-electron chi connectivity index (χ1n) is 6.52. The molecule has 0 aromatic heterocycles. The highest BCUT2D eigenvalue weighted by Gasteiger charge is 2.09. The Kier molecular flexibility index (Phi) is 4.81. The second-order valence-corrected chi connectivity index (χ2v) is 5.18. The third-order valence-corrected chi connectivity index (χ3v) is 3.51. The van der Waals surface area contributed by atoms with E-state index in [9.17, 15) is 0 Å². The first-order chi connectivity index (χ1) is 10.0. The third kappa shape index (κ3) is 3.52. The quantitative estimate of drug-likeness (QED) is 0.858. The fourth-order valence-corrected chi connectivity index (χ4v) is 2.35. The van der Waals surface area contributed by atoms with Crippen LogP contribution in [0.3, 0.4) is 0 Å². The van der Waals surface area contributed by atoms with Crippen molar-refractivity contribution in [2.24, 2.45) is 0 Å². The molecule has 2 N–H and O–H groups in total. The molecule has 0 fully saturated rings. The zero-order valence-corrected chi connectivity index (χ0v) is 13.1. The van der Waals surface area contributed by atoms with Gasteiger partial charge in [0.1, 0.15) is 0 Å². The van der Waals surface area contributed by atoms with E-state index in [-0.39, 0.29) is 0 Å². The van der Waals surface area contributed by atoms with Gasteiger partial charge >= 0.3 is 0 Å². The second-order valence-electron chi connectivity index (χ2n) is 4.75. The number of benzene rings is 2. The minimum absolute atomic E-state index is 0.665. The molecule has 0 saturated carbocycles. The molecule has 0 bridgehead atoms. The molecular formula is C16H19ClN2O2. The molecule has 0 aliphatic carbocycles. The number of methoxy groups -OCH3 is 2. The van der Waals surface area contributed by atoms with E-state index in [4.69, 9.17) is 26.8 Å². The Bertz CT molecular complexity index is 632. The number of nitrogens with zero attached hydrogens (tertiary/aromatic N) is 1. The van der Waals surface area contributed by atoms with E-state index in [0.29, 0.717) is 28.8 Å². The van der Waals surface area contributed by atoms with Crippen LogP contribution in [0.2, 0.25) is 5.02 Å². The van der Waals surface area contributed by atoms with Gasteiger partial charge in [-0.3, -0.25) is 0 Å². The van der Waals surface area contributed by atoms with Crippen molar-refractivity contribution in [2.45, 2.75) is 6.54 Å². The molecule has 2 aromatic carbocycles. The van der Waals surface area contributed by atoms with Gasteiger partial charge in [0, 0.05) is 18.6 Å². The van der Waals surface area contributed by atoms with Crippen LogP contribution in [0, 0.1) is 0 Å². The Hall–Kier alpha value is -2.07. The van der Waals surface area contributed by atoms with E-state index in [2.05, 4.69) is 0 Å². The van der Waals surface area contributed by atoms with Gasteiger partial charge < -0.3 is 20.1 Å². The minimum Gasteiger partial charge on any atom is -0.493 e. The van der Waals surface area contributed by atoms with E-state index in [0.717, 1.165) is 11.3 Å². The van der Waals surface area contributed by atoms with Crippen molar-refractivity contribution < 1.29 is 9.47 Å². The molecular weight excluding hydrogens is 288 g/mol. The average Bonchev–Trinajstić information content (AvgIpc) is 2.49. The van der Waals surface area contributed by atoms with Crippen LogP contribution < -0.4 is 20.1 Å². The largest absolute Gasteiger partial charge is 0.493 e. The maximum Gasteiger partial charge on any atom is 0.161 e. The molecule has 0 amide bonds. The molecule has 112 valence electrons. The van der Waals surface area contributed by atoms with Gasteiger partial charge in [-0.2, -0.15) is 0 Å². The molecule has 5 heteroatoms. The molecule has 0 radical (unpaired) electrons. The van der Waals surface area contributed by atoms with Crippen molar-refractivity contribution in [3.8, 4) is 11.5 Å². The summed E-state index contributed by atoms with van der Waals surface area (Å²) in [5.74, 6) is 1.42. The number of ether oxygens (including phenoxy) is 2. The molecule has 0 saturated heterocycles. The monoisotopic (exact) mass is 306 g/mol. The van der Waals surface area contributed by atoms with E-state index >= 15 is 0 Å². The lowest BCUT2D eigenvalue weighted by atomic mass is 10.1.